The highest BCUT2D eigenvalue weighted by Gasteiger charge is 2.44. The van der Waals surface area contributed by atoms with Crippen LogP contribution in [-0.2, 0) is 51.6 Å². The Kier molecular flexibility index (Phi) is 24.3. The topological polar surface area (TPSA) is 234 Å². The fourth-order valence-electron chi connectivity index (χ4n) is 11.4. The zero-order valence-electron chi connectivity index (χ0n) is 47.2. The Labute approximate surface area is 439 Å². The molecule has 21 heteroatoms. The van der Waals surface area contributed by atoms with Crippen molar-refractivity contribution in [1.82, 2.24) is 21.3 Å². The highest BCUT2D eigenvalue weighted by molar-refractivity contribution is 6.84. The number of fused-ring (bicyclic) bond motifs is 4. The quantitative estimate of drug-likeness (QED) is 0.101. The monoisotopic (exact) mass is 1070 g/mol. The van der Waals surface area contributed by atoms with E-state index in [0.29, 0.717) is 39.1 Å². The van der Waals surface area contributed by atoms with E-state index in [9.17, 15) is 28.8 Å². The minimum Gasteiger partial charge on any atom is -0.462 e. The van der Waals surface area contributed by atoms with Crippen LogP contribution in [0.3, 0.4) is 0 Å². The number of carbonyl (C=O) groups is 6. The number of ether oxygens (including phenoxy) is 8. The van der Waals surface area contributed by atoms with Gasteiger partial charge in [0.05, 0.1) is 26.1 Å². The zero-order valence-corrected chi connectivity index (χ0v) is 49.2. The van der Waals surface area contributed by atoms with Gasteiger partial charge >= 0.3 is 36.3 Å². The molecule has 0 aromatic heterocycles. The molecule has 4 unspecified atom stereocenters. The van der Waals surface area contributed by atoms with Gasteiger partial charge in [0, 0.05) is 38.4 Å². The summed E-state index contributed by atoms with van der Waals surface area (Å²) in [6.07, 6.45) is 3.72. The number of alkyl carbamates (subject to hydrolysis) is 4. The van der Waals surface area contributed by atoms with Gasteiger partial charge in [-0.1, -0.05) is 69.2 Å². The fourth-order valence-corrected chi connectivity index (χ4v) is 20.1. The van der Waals surface area contributed by atoms with Crippen LogP contribution in [0.5, 0.6) is 0 Å². The average molecular weight is 1070 g/mol. The zero-order chi connectivity index (χ0) is 54.8. The Hall–Kier alpha value is -3.67. The smallest absolute Gasteiger partial charge is 0.407 e. The predicted octanol–water partition coefficient (Wildman–Crippen LogP) is 9.23. The van der Waals surface area contributed by atoms with Crippen molar-refractivity contribution in [3.8, 4) is 0 Å². The summed E-state index contributed by atoms with van der Waals surface area (Å²) in [4.78, 5) is 77.1. The van der Waals surface area contributed by atoms with Gasteiger partial charge in [-0.3, -0.25) is 9.59 Å². The van der Waals surface area contributed by atoms with E-state index in [4.69, 9.17) is 42.0 Å². The normalized spacial score (nSPS) is 30.9. The first-order valence-electron chi connectivity index (χ1n) is 26.6. The molecule has 73 heavy (non-hydrogen) atoms. The molecule has 1 saturated heterocycles. The van der Waals surface area contributed by atoms with Crippen molar-refractivity contribution >= 4 is 52.9 Å². The molecule has 0 radical (unpaired) electrons. The van der Waals surface area contributed by atoms with Gasteiger partial charge in [0.25, 0.3) is 0 Å². The van der Waals surface area contributed by atoms with E-state index in [1.807, 2.05) is 27.7 Å². The standard InChI is InChI=1S/C52H96N4O15Si2/c1-47(2)29-39-31-51(9,35-47)37-53-43(59)67-21-19-63-17-15-27-72(11,12)71-73(13,14)28-16-18-64-20-22-68-44(60)54-38-52(10)32-40(30-48(3,4)36-52)56-46(62)70-26-24-66-42(58)34-50(7,8)49(5,6)33-41(57)65-23-25-69-45(61)55-39/h39-40H,15-38H2,1-14H3,(H,53,59)(H,54,60)(H,55,61)(H,56,62). The third-order valence-electron chi connectivity index (χ3n) is 14.6. The summed E-state index contributed by atoms with van der Waals surface area (Å²) in [7, 11) is -3.91. The minimum absolute atomic E-state index is 0.00376. The van der Waals surface area contributed by atoms with Gasteiger partial charge in [-0.25, -0.2) is 19.2 Å². The number of cyclic esters (lactones) is 6. The van der Waals surface area contributed by atoms with Crippen molar-refractivity contribution in [2.45, 2.75) is 184 Å². The highest BCUT2D eigenvalue weighted by Crippen LogP contribution is 2.47. The van der Waals surface area contributed by atoms with Crippen LogP contribution in [0.2, 0.25) is 38.3 Å². The maximum absolute atomic E-state index is 13.0. The molecule has 0 aromatic carbocycles. The molecule has 19 nitrogen and oxygen atoms in total. The number of esters is 2. The first-order chi connectivity index (χ1) is 33.7. The molecule has 3 aliphatic rings. The molecule has 3 fully saturated rings. The van der Waals surface area contributed by atoms with Crippen molar-refractivity contribution in [3.05, 3.63) is 0 Å². The summed E-state index contributed by atoms with van der Waals surface area (Å²) in [6.45, 7) is 31.2. The Morgan fingerprint density at radius 2 is 0.753 bits per heavy atom. The van der Waals surface area contributed by atoms with Crippen molar-refractivity contribution in [1.29, 1.82) is 0 Å². The largest absolute Gasteiger partial charge is 0.462 e. The summed E-state index contributed by atoms with van der Waals surface area (Å²) in [5.41, 5.74) is -2.29. The number of amides is 4. The first-order valence-corrected chi connectivity index (χ1v) is 32.8. The molecule has 3 rings (SSSR count). The molecule has 2 aliphatic carbocycles. The first kappa shape index (κ1) is 63.6. The molecule has 4 bridgehead atoms. The SMILES string of the molecule is CC1(C)CC2CC(C)(CNC(=O)OCCOCCC[Si](C)(C)O[Si](C)(C)CCCOCCOC(=O)NCC3(C)CC(CC(C)(C)C3)NC(=O)OCCOC(=O)CC(C)(C)C(C)(C)CC(=O)OCCOC(=O)N2)C1. The van der Waals surface area contributed by atoms with Crippen LogP contribution in [0, 0.1) is 32.5 Å². The van der Waals surface area contributed by atoms with Crippen LogP contribution >= 0.6 is 0 Å². The highest BCUT2D eigenvalue weighted by atomic mass is 28.4. The van der Waals surface area contributed by atoms with Gasteiger partial charge < -0.3 is 63.3 Å². The Morgan fingerprint density at radius 3 is 1.12 bits per heavy atom. The van der Waals surface area contributed by atoms with Crippen LogP contribution in [0.1, 0.15) is 133 Å². The van der Waals surface area contributed by atoms with Crippen LogP contribution in [0.4, 0.5) is 19.2 Å². The molecule has 4 atom stereocenters. The molecule has 422 valence electrons. The Bertz CT molecular complexity index is 1690. The van der Waals surface area contributed by atoms with E-state index in [1.165, 1.54) is 0 Å². The molecule has 1 aliphatic heterocycles. The van der Waals surface area contributed by atoms with Crippen LogP contribution in [0.15, 0.2) is 0 Å². The molecule has 4 amide bonds. The molecule has 0 spiro atoms. The number of hydrogen-bond acceptors (Lipinski definition) is 15. The van der Waals surface area contributed by atoms with Crippen molar-refractivity contribution < 1.29 is 70.8 Å². The summed E-state index contributed by atoms with van der Waals surface area (Å²) in [5, 5.41) is 11.8. The number of nitrogens with one attached hydrogen (secondary N) is 4. The van der Waals surface area contributed by atoms with E-state index in [-0.39, 0.29) is 99.4 Å². The lowest BCUT2D eigenvalue weighted by molar-refractivity contribution is -0.154. The van der Waals surface area contributed by atoms with E-state index >= 15 is 0 Å². The van der Waals surface area contributed by atoms with Gasteiger partial charge in [-0.05, 0) is 122 Å². The summed E-state index contributed by atoms with van der Waals surface area (Å²) >= 11 is 0. The lowest BCUT2D eigenvalue weighted by atomic mass is 9.62. The molecule has 2 saturated carbocycles. The second-order valence-corrected chi connectivity index (χ2v) is 34.5. The van der Waals surface area contributed by atoms with E-state index < -0.39 is 63.8 Å². The maximum Gasteiger partial charge on any atom is 0.407 e. The Morgan fingerprint density at radius 1 is 0.425 bits per heavy atom. The second kappa shape index (κ2) is 27.9. The Balaban J connectivity index is 1.57. The third-order valence-corrected chi connectivity index (χ3v) is 22.2. The maximum atomic E-state index is 13.0. The number of carbonyl (C=O) groups excluding carboxylic acids is 6. The van der Waals surface area contributed by atoms with Gasteiger partial charge in [-0.15, -0.1) is 0 Å². The second-order valence-electron chi connectivity index (χ2n) is 25.7. The van der Waals surface area contributed by atoms with E-state index in [2.05, 4.69) is 89.0 Å². The summed E-state index contributed by atoms with van der Waals surface area (Å²) in [6, 6.07) is 1.47. The molecule has 4 N–H and O–H groups in total. The van der Waals surface area contributed by atoms with E-state index in [1.54, 1.807) is 0 Å². The lowest BCUT2D eigenvalue weighted by Crippen LogP contribution is -2.50. The third kappa shape index (κ3) is 25.2. The minimum atomic E-state index is -1.96. The van der Waals surface area contributed by atoms with Gasteiger partial charge in [-0.2, -0.15) is 0 Å². The average Bonchev–Trinajstić information content (AvgIpc) is 3.22. The molecular weight excluding hydrogens is 977 g/mol. The van der Waals surface area contributed by atoms with Gasteiger partial charge in [0.1, 0.15) is 39.6 Å². The summed E-state index contributed by atoms with van der Waals surface area (Å²) < 4.78 is 50.9. The number of hydrogen-bond donors (Lipinski definition) is 4. The van der Waals surface area contributed by atoms with Crippen LogP contribution in [-0.4, -0.2) is 144 Å². The fraction of sp³-hybridized carbons (Fsp3) is 0.885. The van der Waals surface area contributed by atoms with Gasteiger partial charge in [0.2, 0.25) is 0 Å². The van der Waals surface area contributed by atoms with Crippen molar-refractivity contribution in [2.75, 3.05) is 79.2 Å². The van der Waals surface area contributed by atoms with Gasteiger partial charge in [0.15, 0.2) is 16.6 Å². The number of rotatable bonds is 0. The van der Waals surface area contributed by atoms with E-state index in [0.717, 1.165) is 50.6 Å². The molecular formula is C52H96N4O15Si2. The lowest BCUT2D eigenvalue weighted by Gasteiger charge is -2.46. The van der Waals surface area contributed by atoms with Crippen molar-refractivity contribution in [2.24, 2.45) is 32.5 Å². The summed E-state index contributed by atoms with van der Waals surface area (Å²) in [5.74, 6) is -1.00. The molecule has 1 heterocycles. The van der Waals surface area contributed by atoms with Crippen LogP contribution < -0.4 is 21.3 Å². The van der Waals surface area contributed by atoms with Crippen molar-refractivity contribution in [3.63, 3.8) is 0 Å². The van der Waals surface area contributed by atoms with Crippen LogP contribution in [0.25, 0.3) is 0 Å². The predicted molar refractivity (Wildman–Crippen MR) is 282 cm³/mol. The molecule has 0 aromatic rings.